The molecule has 8 heavy (non-hydrogen) atoms. The van der Waals surface area contributed by atoms with Gasteiger partial charge in [0, 0.05) is 10.8 Å². The lowest BCUT2D eigenvalue weighted by Crippen LogP contribution is -2.04. The van der Waals surface area contributed by atoms with E-state index in [2.05, 4.69) is 6.92 Å². The normalized spacial score (nSPS) is 34.8. The van der Waals surface area contributed by atoms with E-state index in [9.17, 15) is 4.91 Å². The van der Waals surface area contributed by atoms with Gasteiger partial charge in [0.2, 0.25) is 0 Å². The van der Waals surface area contributed by atoms with Crippen LogP contribution in [0.1, 0.15) is 13.3 Å². The summed E-state index contributed by atoms with van der Waals surface area (Å²) in [5, 5.41) is 0. The van der Waals surface area contributed by atoms with Gasteiger partial charge >= 0.3 is 0 Å². The van der Waals surface area contributed by atoms with Crippen molar-refractivity contribution in [3.8, 4) is 0 Å². The monoisotopic (exact) mass is 114 g/mol. The Balaban J connectivity index is 2.14. The smallest absolute Gasteiger partial charge is 0.0620 e. The van der Waals surface area contributed by atoms with E-state index < -0.39 is 0 Å². The van der Waals surface area contributed by atoms with E-state index in [1.54, 1.807) is 7.05 Å². The number of hydrogen-bond donors (Lipinski definition) is 0. The van der Waals surface area contributed by atoms with Gasteiger partial charge in [-0.05, 0) is 17.1 Å². The van der Waals surface area contributed by atoms with Crippen LogP contribution in [-0.2, 0) is 0 Å². The molecule has 1 fully saturated rings. The molecule has 2 atom stereocenters. The predicted octanol–water partition coefficient (Wildman–Crippen LogP) is 1.05. The second-order valence-electron chi connectivity index (χ2n) is 2.78. The lowest BCUT2D eigenvalue weighted by Gasteiger charge is -1.81. The molecule has 0 amide bonds. The lowest BCUT2D eigenvalue weighted by molar-refractivity contribution is -0.522. The van der Waals surface area contributed by atoms with Crippen LogP contribution in [-0.4, -0.2) is 18.4 Å². The molecule has 1 aliphatic rings. The molecule has 0 radical (unpaired) electrons. The van der Waals surface area contributed by atoms with Gasteiger partial charge in [-0.3, -0.25) is 0 Å². The maximum Gasteiger partial charge on any atom is 0.194 e. The molecular formula is C6H12NO+. The fourth-order valence-corrected chi connectivity index (χ4v) is 0.984. The molecular weight excluding hydrogens is 102 g/mol. The van der Waals surface area contributed by atoms with E-state index in [-0.39, 0.29) is 0 Å². The van der Waals surface area contributed by atoms with E-state index in [0.29, 0.717) is 5.92 Å². The fraction of sp³-hybridized carbons (Fsp3) is 1.00. The van der Waals surface area contributed by atoms with E-state index in [0.717, 1.165) is 17.2 Å². The minimum Gasteiger partial charge on any atom is -0.0620 e. The van der Waals surface area contributed by atoms with Crippen LogP contribution in [0.3, 0.4) is 0 Å². The van der Waals surface area contributed by atoms with Crippen molar-refractivity contribution < 1.29 is 4.76 Å². The first-order valence-corrected chi connectivity index (χ1v) is 3.08. The van der Waals surface area contributed by atoms with Crippen LogP contribution >= 0.6 is 0 Å². The SMILES string of the molecule is CC1CC1C[N+](C)=O. The summed E-state index contributed by atoms with van der Waals surface area (Å²) in [6.07, 6.45) is 1.26. The highest BCUT2D eigenvalue weighted by Crippen LogP contribution is 2.37. The Morgan fingerprint density at radius 1 is 1.75 bits per heavy atom. The van der Waals surface area contributed by atoms with Gasteiger partial charge in [-0.25, -0.2) is 0 Å². The van der Waals surface area contributed by atoms with Crippen LogP contribution in [0.2, 0.25) is 0 Å². The molecule has 0 spiro atoms. The first kappa shape index (κ1) is 5.73. The summed E-state index contributed by atoms with van der Waals surface area (Å²) in [7, 11) is 1.59. The molecule has 0 aromatic carbocycles. The Hall–Kier alpha value is -0.400. The molecule has 2 unspecified atom stereocenters. The first-order chi connectivity index (χ1) is 3.70. The largest absolute Gasteiger partial charge is 0.194 e. The summed E-state index contributed by atoms with van der Waals surface area (Å²) in [5.74, 6) is 1.52. The standard InChI is InChI=1S/C6H12NO/c1-5-3-6(5)4-7(2)8/h5-6H,3-4H2,1-2H3/q+1. The molecule has 1 rings (SSSR count). The molecule has 0 aromatic heterocycles. The van der Waals surface area contributed by atoms with Crippen molar-refractivity contribution in [2.45, 2.75) is 13.3 Å². The number of rotatable bonds is 2. The Bertz CT molecular complexity index is 111. The predicted molar refractivity (Wildman–Crippen MR) is 31.7 cm³/mol. The number of hydrogen-bond acceptors (Lipinski definition) is 1. The molecule has 2 nitrogen and oxygen atoms in total. The van der Waals surface area contributed by atoms with Gasteiger partial charge in [0.05, 0.1) is 0 Å². The highest BCUT2D eigenvalue weighted by molar-refractivity contribution is 4.80. The second-order valence-corrected chi connectivity index (χ2v) is 2.78. The molecule has 0 saturated heterocycles. The maximum absolute atomic E-state index is 10.4. The van der Waals surface area contributed by atoms with Gasteiger partial charge < -0.3 is 0 Å². The van der Waals surface area contributed by atoms with Crippen molar-refractivity contribution in [2.24, 2.45) is 11.8 Å². The van der Waals surface area contributed by atoms with Crippen molar-refractivity contribution in [2.75, 3.05) is 13.6 Å². The summed E-state index contributed by atoms with van der Waals surface area (Å²) in [4.78, 5) is 10.4. The zero-order chi connectivity index (χ0) is 6.15. The van der Waals surface area contributed by atoms with E-state index >= 15 is 0 Å². The first-order valence-electron chi connectivity index (χ1n) is 3.08. The summed E-state index contributed by atoms with van der Waals surface area (Å²) in [6, 6.07) is 0. The van der Waals surface area contributed by atoms with Crippen LogP contribution < -0.4 is 0 Å². The minimum atomic E-state index is 0.706. The van der Waals surface area contributed by atoms with Crippen molar-refractivity contribution in [1.82, 2.24) is 0 Å². The summed E-state index contributed by atoms with van der Waals surface area (Å²) in [6.45, 7) is 2.93. The van der Waals surface area contributed by atoms with Gasteiger partial charge in [-0.1, -0.05) is 6.92 Å². The van der Waals surface area contributed by atoms with Gasteiger partial charge in [-0.15, -0.1) is 0 Å². The maximum atomic E-state index is 10.4. The Kier molecular flexibility index (Phi) is 1.32. The highest BCUT2D eigenvalue weighted by atomic mass is 16.3. The van der Waals surface area contributed by atoms with Crippen LogP contribution in [0.5, 0.6) is 0 Å². The lowest BCUT2D eigenvalue weighted by atomic mass is 10.3. The highest BCUT2D eigenvalue weighted by Gasteiger charge is 2.36. The van der Waals surface area contributed by atoms with Gasteiger partial charge in [0.1, 0.15) is 0 Å². The van der Waals surface area contributed by atoms with Crippen molar-refractivity contribution in [3.05, 3.63) is 4.91 Å². The molecule has 0 N–H and O–H groups in total. The van der Waals surface area contributed by atoms with Gasteiger partial charge in [0.15, 0.2) is 13.6 Å². The average Bonchev–Trinajstić information content (AvgIpc) is 2.17. The molecule has 1 saturated carbocycles. The topological polar surface area (TPSA) is 20.1 Å². The van der Waals surface area contributed by atoms with Crippen molar-refractivity contribution >= 4 is 0 Å². The fourth-order valence-electron chi connectivity index (χ4n) is 0.984. The number of nitrogens with zero attached hydrogens (tertiary/aromatic N) is 1. The van der Waals surface area contributed by atoms with Crippen LogP contribution in [0.25, 0.3) is 0 Å². The van der Waals surface area contributed by atoms with E-state index in [1.807, 2.05) is 0 Å². The average molecular weight is 114 g/mol. The molecule has 0 aromatic rings. The molecule has 0 aliphatic heterocycles. The third-order valence-corrected chi connectivity index (χ3v) is 1.77. The van der Waals surface area contributed by atoms with Crippen molar-refractivity contribution in [3.63, 3.8) is 0 Å². The van der Waals surface area contributed by atoms with Crippen LogP contribution in [0.15, 0.2) is 0 Å². The zero-order valence-corrected chi connectivity index (χ0v) is 5.42. The van der Waals surface area contributed by atoms with E-state index in [4.69, 9.17) is 0 Å². The van der Waals surface area contributed by atoms with E-state index in [1.165, 1.54) is 6.42 Å². The molecule has 1 aliphatic carbocycles. The van der Waals surface area contributed by atoms with Crippen LogP contribution in [0, 0.1) is 16.7 Å². The van der Waals surface area contributed by atoms with Gasteiger partial charge in [-0.2, -0.15) is 0 Å². The summed E-state index contributed by atoms with van der Waals surface area (Å²) >= 11 is 0. The Morgan fingerprint density at radius 2 is 2.25 bits per heavy atom. The molecule has 0 bridgehead atoms. The molecule has 0 heterocycles. The minimum absolute atomic E-state index is 0.706. The zero-order valence-electron chi connectivity index (χ0n) is 5.42. The number of nitroso groups, excluding NO2 is 1. The molecule has 46 valence electrons. The second kappa shape index (κ2) is 1.84. The molecule has 2 heteroatoms. The quantitative estimate of drug-likeness (QED) is 0.491. The van der Waals surface area contributed by atoms with Crippen LogP contribution in [0.4, 0.5) is 0 Å². The summed E-state index contributed by atoms with van der Waals surface area (Å²) < 4.78 is 1.02. The third-order valence-electron chi connectivity index (χ3n) is 1.77. The summed E-state index contributed by atoms with van der Waals surface area (Å²) in [5.41, 5.74) is 0. The van der Waals surface area contributed by atoms with Crippen molar-refractivity contribution in [1.29, 1.82) is 0 Å². The Morgan fingerprint density at radius 3 is 2.38 bits per heavy atom. The van der Waals surface area contributed by atoms with Gasteiger partial charge in [0.25, 0.3) is 0 Å². The third kappa shape index (κ3) is 1.29. The Labute approximate surface area is 49.5 Å².